The van der Waals surface area contributed by atoms with Crippen molar-refractivity contribution in [3.63, 3.8) is 0 Å². The standard InChI is InChI=1S/C24H23NO3S/c1-2-3-18-28-22-12-6-20(7-13-22)9-15-24-17-16-23(29-24)14-8-19-4-10-21(11-5-19)25(26)27/h4-17H,2-3,18H2,1H3/b14-8+,15-9+. The number of nitro benzene ring substituents is 1. The number of hydrogen-bond donors (Lipinski definition) is 0. The van der Waals surface area contributed by atoms with Crippen molar-refractivity contribution < 1.29 is 9.66 Å². The number of nitrogens with zero attached hydrogens (tertiary/aromatic N) is 1. The van der Waals surface area contributed by atoms with Gasteiger partial charge in [0, 0.05) is 21.9 Å². The molecule has 0 unspecified atom stereocenters. The fourth-order valence-electron chi connectivity index (χ4n) is 2.62. The van der Waals surface area contributed by atoms with Crippen LogP contribution in [-0.2, 0) is 0 Å². The number of nitro groups is 1. The van der Waals surface area contributed by atoms with Crippen molar-refractivity contribution in [1.82, 2.24) is 0 Å². The van der Waals surface area contributed by atoms with Crippen LogP contribution < -0.4 is 4.74 Å². The van der Waals surface area contributed by atoms with Gasteiger partial charge < -0.3 is 4.74 Å². The number of rotatable bonds is 9. The third-order valence-electron chi connectivity index (χ3n) is 4.28. The van der Waals surface area contributed by atoms with Crippen LogP contribution >= 0.6 is 11.3 Å². The molecule has 0 aliphatic rings. The molecule has 148 valence electrons. The molecule has 0 radical (unpaired) electrons. The fraction of sp³-hybridized carbons (Fsp3) is 0.167. The number of unbranched alkanes of at least 4 members (excludes halogenated alkanes) is 1. The minimum Gasteiger partial charge on any atom is -0.494 e. The molecule has 1 heterocycles. The summed E-state index contributed by atoms with van der Waals surface area (Å²) in [6.07, 6.45) is 10.4. The van der Waals surface area contributed by atoms with E-state index in [0.29, 0.717) is 0 Å². The molecule has 1 aromatic heterocycles. The molecule has 3 rings (SSSR count). The van der Waals surface area contributed by atoms with E-state index >= 15 is 0 Å². The average molecular weight is 406 g/mol. The number of non-ortho nitro benzene ring substituents is 1. The van der Waals surface area contributed by atoms with Gasteiger partial charge in [0.15, 0.2) is 0 Å². The van der Waals surface area contributed by atoms with Crippen LogP contribution in [0.4, 0.5) is 5.69 Å². The monoisotopic (exact) mass is 405 g/mol. The molecule has 0 fully saturated rings. The summed E-state index contributed by atoms with van der Waals surface area (Å²) in [5.41, 5.74) is 2.16. The maximum absolute atomic E-state index is 10.7. The van der Waals surface area contributed by atoms with E-state index in [1.54, 1.807) is 23.5 Å². The van der Waals surface area contributed by atoms with Crippen molar-refractivity contribution in [3.05, 3.63) is 91.7 Å². The topological polar surface area (TPSA) is 52.4 Å². The van der Waals surface area contributed by atoms with Gasteiger partial charge in [-0.25, -0.2) is 0 Å². The molecule has 0 N–H and O–H groups in total. The number of thiophene rings is 1. The van der Waals surface area contributed by atoms with Gasteiger partial charge in [-0.15, -0.1) is 11.3 Å². The smallest absolute Gasteiger partial charge is 0.269 e. The van der Waals surface area contributed by atoms with Gasteiger partial charge in [0.2, 0.25) is 0 Å². The van der Waals surface area contributed by atoms with E-state index in [2.05, 4.69) is 43.3 Å². The zero-order chi connectivity index (χ0) is 20.5. The first kappa shape index (κ1) is 20.6. The minimum absolute atomic E-state index is 0.103. The summed E-state index contributed by atoms with van der Waals surface area (Å²) < 4.78 is 5.69. The lowest BCUT2D eigenvalue weighted by Gasteiger charge is -2.04. The Morgan fingerprint density at radius 1 is 0.862 bits per heavy atom. The Morgan fingerprint density at radius 3 is 1.93 bits per heavy atom. The van der Waals surface area contributed by atoms with Gasteiger partial charge >= 0.3 is 0 Å². The predicted octanol–water partition coefficient (Wildman–Crippen LogP) is 7.18. The second-order valence-electron chi connectivity index (χ2n) is 6.53. The van der Waals surface area contributed by atoms with E-state index < -0.39 is 4.92 Å². The molecule has 2 aromatic carbocycles. The zero-order valence-corrected chi connectivity index (χ0v) is 17.1. The van der Waals surface area contributed by atoms with E-state index in [0.717, 1.165) is 46.1 Å². The molecule has 3 aromatic rings. The van der Waals surface area contributed by atoms with Crippen molar-refractivity contribution in [2.45, 2.75) is 19.8 Å². The van der Waals surface area contributed by atoms with Crippen LogP contribution in [0.3, 0.4) is 0 Å². The number of hydrogen-bond acceptors (Lipinski definition) is 4. The Bertz CT molecular complexity index is 986. The van der Waals surface area contributed by atoms with E-state index in [1.807, 2.05) is 24.3 Å². The Hall–Kier alpha value is -3.18. The summed E-state index contributed by atoms with van der Waals surface area (Å²) in [4.78, 5) is 12.6. The summed E-state index contributed by atoms with van der Waals surface area (Å²) in [6, 6.07) is 18.8. The molecule has 5 heteroatoms. The first-order chi connectivity index (χ1) is 14.1. The first-order valence-electron chi connectivity index (χ1n) is 9.57. The van der Waals surface area contributed by atoms with Crippen LogP contribution in [0.25, 0.3) is 24.3 Å². The molecule has 29 heavy (non-hydrogen) atoms. The molecule has 0 aliphatic carbocycles. The summed E-state index contributed by atoms with van der Waals surface area (Å²) in [6.45, 7) is 2.91. The second-order valence-corrected chi connectivity index (χ2v) is 7.67. The van der Waals surface area contributed by atoms with Crippen LogP contribution in [0.2, 0.25) is 0 Å². The van der Waals surface area contributed by atoms with Crippen molar-refractivity contribution >= 4 is 41.3 Å². The molecule has 0 saturated carbocycles. The van der Waals surface area contributed by atoms with Gasteiger partial charge in [0.25, 0.3) is 5.69 Å². The van der Waals surface area contributed by atoms with Crippen LogP contribution in [0.5, 0.6) is 5.75 Å². The van der Waals surface area contributed by atoms with Gasteiger partial charge in [0.1, 0.15) is 5.75 Å². The molecule has 4 nitrogen and oxygen atoms in total. The van der Waals surface area contributed by atoms with Crippen molar-refractivity contribution in [2.75, 3.05) is 6.61 Å². The SMILES string of the molecule is CCCCOc1ccc(/C=C/c2ccc(/C=C/c3ccc([N+](=O)[O-])cc3)s2)cc1. The highest BCUT2D eigenvalue weighted by molar-refractivity contribution is 7.13. The largest absolute Gasteiger partial charge is 0.494 e. The van der Waals surface area contributed by atoms with Crippen molar-refractivity contribution in [3.8, 4) is 5.75 Å². The Morgan fingerprint density at radius 2 is 1.41 bits per heavy atom. The fourth-order valence-corrected chi connectivity index (χ4v) is 3.44. The van der Waals surface area contributed by atoms with Gasteiger partial charge in [-0.1, -0.05) is 37.6 Å². The number of benzene rings is 2. The third kappa shape index (κ3) is 6.43. The summed E-state index contributed by atoms with van der Waals surface area (Å²) >= 11 is 1.69. The van der Waals surface area contributed by atoms with Crippen LogP contribution in [0, 0.1) is 10.1 Å². The van der Waals surface area contributed by atoms with Crippen molar-refractivity contribution in [2.24, 2.45) is 0 Å². The molecular weight excluding hydrogens is 382 g/mol. The number of ether oxygens (including phenoxy) is 1. The maximum Gasteiger partial charge on any atom is 0.269 e. The van der Waals surface area contributed by atoms with Crippen LogP contribution in [0.1, 0.15) is 40.6 Å². The lowest BCUT2D eigenvalue weighted by Crippen LogP contribution is -1.95. The minimum atomic E-state index is -0.390. The van der Waals surface area contributed by atoms with Crippen LogP contribution in [-0.4, -0.2) is 11.5 Å². The van der Waals surface area contributed by atoms with E-state index in [4.69, 9.17) is 4.74 Å². The van der Waals surface area contributed by atoms with E-state index in [1.165, 1.54) is 12.1 Å². The quantitative estimate of drug-likeness (QED) is 0.215. The third-order valence-corrected chi connectivity index (χ3v) is 5.29. The first-order valence-corrected chi connectivity index (χ1v) is 10.4. The van der Waals surface area contributed by atoms with Crippen molar-refractivity contribution in [1.29, 1.82) is 0 Å². The van der Waals surface area contributed by atoms with Crippen LogP contribution in [0.15, 0.2) is 60.7 Å². The molecule has 0 bridgehead atoms. The van der Waals surface area contributed by atoms with Gasteiger partial charge in [-0.3, -0.25) is 10.1 Å². The molecule has 0 aliphatic heterocycles. The Balaban J connectivity index is 1.57. The maximum atomic E-state index is 10.7. The Kier molecular flexibility index (Phi) is 7.36. The molecule has 0 atom stereocenters. The average Bonchev–Trinajstić information content (AvgIpc) is 3.20. The zero-order valence-electron chi connectivity index (χ0n) is 16.3. The lowest BCUT2D eigenvalue weighted by atomic mass is 10.2. The van der Waals surface area contributed by atoms with E-state index in [-0.39, 0.29) is 5.69 Å². The second kappa shape index (κ2) is 10.4. The van der Waals surface area contributed by atoms with Gasteiger partial charge in [-0.2, -0.15) is 0 Å². The summed E-state index contributed by atoms with van der Waals surface area (Å²) in [5.74, 6) is 0.908. The van der Waals surface area contributed by atoms with E-state index in [9.17, 15) is 10.1 Å². The molecule has 0 amide bonds. The lowest BCUT2D eigenvalue weighted by molar-refractivity contribution is -0.384. The predicted molar refractivity (Wildman–Crippen MR) is 122 cm³/mol. The van der Waals surface area contributed by atoms with Gasteiger partial charge in [0.05, 0.1) is 11.5 Å². The highest BCUT2D eigenvalue weighted by Crippen LogP contribution is 2.22. The summed E-state index contributed by atoms with van der Waals surface area (Å²) in [7, 11) is 0. The highest BCUT2D eigenvalue weighted by atomic mass is 32.1. The highest BCUT2D eigenvalue weighted by Gasteiger charge is 2.02. The normalized spacial score (nSPS) is 11.3. The molecule has 0 saturated heterocycles. The molecule has 0 spiro atoms. The summed E-state index contributed by atoms with van der Waals surface area (Å²) in [5, 5.41) is 10.7. The Labute approximate surface area is 174 Å². The van der Waals surface area contributed by atoms with Gasteiger partial charge in [-0.05, 0) is 66.1 Å². The molecular formula is C24H23NO3S.